The molecule has 1 unspecified atom stereocenters. The third-order valence-electron chi connectivity index (χ3n) is 4.96. The zero-order valence-electron chi connectivity index (χ0n) is 13.3. The predicted octanol–water partition coefficient (Wildman–Crippen LogP) is 0.322. The first-order valence-electron chi connectivity index (χ1n) is 8.64. The van der Waals surface area contributed by atoms with Gasteiger partial charge in [0.1, 0.15) is 6.10 Å². The van der Waals surface area contributed by atoms with Crippen molar-refractivity contribution < 1.29 is 14.3 Å². The van der Waals surface area contributed by atoms with Gasteiger partial charge >= 0.3 is 0 Å². The highest BCUT2D eigenvalue weighted by Gasteiger charge is 2.31. The van der Waals surface area contributed by atoms with Crippen LogP contribution < -0.4 is 0 Å². The van der Waals surface area contributed by atoms with Crippen LogP contribution in [0.3, 0.4) is 0 Å². The molecule has 124 valence electrons. The number of nitrogens with zero attached hydrogens (tertiary/aromatic N) is 3. The van der Waals surface area contributed by atoms with Crippen molar-refractivity contribution in [2.24, 2.45) is 0 Å². The summed E-state index contributed by atoms with van der Waals surface area (Å²) in [5.74, 6) is 0.387. The van der Waals surface area contributed by atoms with Gasteiger partial charge in [0.15, 0.2) is 0 Å². The Morgan fingerprint density at radius 2 is 1.59 bits per heavy atom. The van der Waals surface area contributed by atoms with E-state index in [0.717, 1.165) is 51.9 Å². The van der Waals surface area contributed by atoms with Crippen LogP contribution in [0.4, 0.5) is 0 Å². The van der Waals surface area contributed by atoms with E-state index in [9.17, 15) is 9.59 Å². The van der Waals surface area contributed by atoms with Crippen molar-refractivity contribution in [1.29, 1.82) is 0 Å². The molecule has 0 aliphatic carbocycles. The highest BCUT2D eigenvalue weighted by atomic mass is 16.5. The molecule has 3 rings (SSSR count). The third-order valence-corrected chi connectivity index (χ3v) is 4.96. The molecule has 0 bridgehead atoms. The average molecular weight is 309 g/mol. The predicted molar refractivity (Wildman–Crippen MR) is 82.4 cm³/mol. The van der Waals surface area contributed by atoms with Crippen molar-refractivity contribution in [3.63, 3.8) is 0 Å². The molecule has 6 nitrogen and oxygen atoms in total. The van der Waals surface area contributed by atoms with Crippen molar-refractivity contribution in [1.82, 2.24) is 14.7 Å². The summed E-state index contributed by atoms with van der Waals surface area (Å²) in [5.41, 5.74) is 0. The van der Waals surface area contributed by atoms with Gasteiger partial charge in [-0.05, 0) is 32.1 Å². The molecule has 0 spiro atoms. The maximum absolute atomic E-state index is 12.3. The van der Waals surface area contributed by atoms with Gasteiger partial charge in [-0.1, -0.05) is 0 Å². The first kappa shape index (κ1) is 15.7. The zero-order valence-corrected chi connectivity index (χ0v) is 13.3. The van der Waals surface area contributed by atoms with Crippen molar-refractivity contribution in [2.45, 2.75) is 38.2 Å². The quantitative estimate of drug-likeness (QED) is 0.753. The molecule has 3 fully saturated rings. The fourth-order valence-corrected chi connectivity index (χ4v) is 3.54. The van der Waals surface area contributed by atoms with Crippen LogP contribution in [0.25, 0.3) is 0 Å². The van der Waals surface area contributed by atoms with Crippen LogP contribution in [-0.2, 0) is 14.3 Å². The van der Waals surface area contributed by atoms with Crippen LogP contribution in [0.2, 0.25) is 0 Å². The van der Waals surface area contributed by atoms with E-state index in [4.69, 9.17) is 4.74 Å². The number of rotatable bonds is 3. The van der Waals surface area contributed by atoms with Gasteiger partial charge < -0.3 is 14.5 Å². The fraction of sp³-hybridized carbons (Fsp3) is 0.875. The lowest BCUT2D eigenvalue weighted by atomic mass is 10.1. The highest BCUT2D eigenvalue weighted by molar-refractivity contribution is 5.81. The van der Waals surface area contributed by atoms with Gasteiger partial charge in [-0.2, -0.15) is 0 Å². The summed E-state index contributed by atoms with van der Waals surface area (Å²) >= 11 is 0. The van der Waals surface area contributed by atoms with E-state index in [1.165, 1.54) is 6.42 Å². The Bertz CT molecular complexity index is 395. The molecule has 3 aliphatic heterocycles. The molecule has 0 aromatic carbocycles. The Morgan fingerprint density at radius 3 is 2.23 bits per heavy atom. The molecule has 0 N–H and O–H groups in total. The maximum Gasteiger partial charge on any atom is 0.251 e. The SMILES string of the molecule is O=C(CN1CCN(C(=O)C2CCCO2)CC1)N1CCCCC1. The zero-order chi connectivity index (χ0) is 15.4. The Balaban J connectivity index is 1.41. The van der Waals surface area contributed by atoms with Crippen LogP contribution in [0, 0.1) is 0 Å². The number of piperazine rings is 1. The Hall–Kier alpha value is -1.14. The Kier molecular flexibility index (Phi) is 5.31. The van der Waals surface area contributed by atoms with Crippen molar-refractivity contribution in [3.8, 4) is 0 Å². The molecule has 0 saturated carbocycles. The number of hydrogen-bond acceptors (Lipinski definition) is 4. The first-order chi connectivity index (χ1) is 10.7. The molecule has 2 amide bonds. The molecule has 6 heteroatoms. The topological polar surface area (TPSA) is 53.1 Å². The summed E-state index contributed by atoms with van der Waals surface area (Å²) in [6.07, 6.45) is 5.13. The fourth-order valence-electron chi connectivity index (χ4n) is 3.54. The second-order valence-electron chi connectivity index (χ2n) is 6.54. The van der Waals surface area contributed by atoms with E-state index in [2.05, 4.69) is 4.90 Å². The molecule has 3 aliphatic rings. The van der Waals surface area contributed by atoms with Crippen LogP contribution >= 0.6 is 0 Å². The van der Waals surface area contributed by atoms with Gasteiger partial charge in [0.2, 0.25) is 5.91 Å². The monoisotopic (exact) mass is 309 g/mol. The smallest absolute Gasteiger partial charge is 0.251 e. The van der Waals surface area contributed by atoms with Gasteiger partial charge in [-0.25, -0.2) is 0 Å². The minimum Gasteiger partial charge on any atom is -0.368 e. The summed E-state index contributed by atoms with van der Waals surface area (Å²) in [5, 5.41) is 0. The molecule has 22 heavy (non-hydrogen) atoms. The Morgan fingerprint density at radius 1 is 0.864 bits per heavy atom. The van der Waals surface area contributed by atoms with E-state index >= 15 is 0 Å². The Labute approximate surface area is 132 Å². The van der Waals surface area contributed by atoms with E-state index in [1.54, 1.807) is 0 Å². The third kappa shape index (κ3) is 3.79. The number of ether oxygens (including phenoxy) is 1. The molecular formula is C16H27N3O3. The van der Waals surface area contributed by atoms with Crippen LogP contribution in [0.5, 0.6) is 0 Å². The summed E-state index contributed by atoms with van der Waals surface area (Å²) in [6.45, 7) is 6.04. The second kappa shape index (κ2) is 7.42. The van der Waals surface area contributed by atoms with Gasteiger partial charge in [0.05, 0.1) is 6.54 Å². The largest absolute Gasteiger partial charge is 0.368 e. The number of carbonyl (C=O) groups excluding carboxylic acids is 2. The number of amides is 2. The summed E-state index contributed by atoms with van der Waals surface area (Å²) < 4.78 is 5.47. The number of piperidine rings is 1. The van der Waals surface area contributed by atoms with Gasteiger partial charge in [0, 0.05) is 45.9 Å². The highest BCUT2D eigenvalue weighted by Crippen LogP contribution is 2.16. The van der Waals surface area contributed by atoms with E-state index in [1.807, 2.05) is 9.80 Å². The van der Waals surface area contributed by atoms with E-state index in [0.29, 0.717) is 26.2 Å². The maximum atomic E-state index is 12.3. The van der Waals surface area contributed by atoms with Gasteiger partial charge in [-0.3, -0.25) is 14.5 Å². The summed E-state index contributed by atoms with van der Waals surface area (Å²) in [4.78, 5) is 30.6. The molecule has 3 saturated heterocycles. The van der Waals surface area contributed by atoms with Gasteiger partial charge in [-0.15, -0.1) is 0 Å². The standard InChI is InChI=1S/C16H27N3O3/c20-15(18-6-2-1-3-7-18)13-17-8-10-19(11-9-17)16(21)14-5-4-12-22-14/h14H,1-13H2. The molecule has 0 radical (unpaired) electrons. The molecular weight excluding hydrogens is 282 g/mol. The van der Waals surface area contributed by atoms with E-state index < -0.39 is 0 Å². The van der Waals surface area contributed by atoms with Crippen LogP contribution in [0.1, 0.15) is 32.1 Å². The van der Waals surface area contributed by atoms with Crippen molar-refractivity contribution in [2.75, 3.05) is 52.4 Å². The lowest BCUT2D eigenvalue weighted by Gasteiger charge is -2.36. The van der Waals surface area contributed by atoms with Crippen molar-refractivity contribution >= 4 is 11.8 Å². The number of hydrogen-bond donors (Lipinski definition) is 0. The van der Waals surface area contributed by atoms with Crippen molar-refractivity contribution in [3.05, 3.63) is 0 Å². The minimum absolute atomic E-state index is 0.138. The summed E-state index contributed by atoms with van der Waals surface area (Å²) in [7, 11) is 0. The minimum atomic E-state index is -0.221. The lowest BCUT2D eigenvalue weighted by molar-refractivity contribution is -0.143. The first-order valence-corrected chi connectivity index (χ1v) is 8.64. The lowest BCUT2D eigenvalue weighted by Crippen LogP contribution is -2.53. The van der Waals surface area contributed by atoms with E-state index in [-0.39, 0.29) is 17.9 Å². The molecule has 1 atom stereocenters. The molecule has 3 heterocycles. The molecule has 0 aromatic heterocycles. The summed E-state index contributed by atoms with van der Waals surface area (Å²) in [6, 6.07) is 0. The second-order valence-corrected chi connectivity index (χ2v) is 6.54. The normalized spacial score (nSPS) is 27.2. The molecule has 0 aromatic rings. The van der Waals surface area contributed by atoms with Gasteiger partial charge in [0.25, 0.3) is 5.91 Å². The average Bonchev–Trinajstić information content (AvgIpc) is 3.10. The van der Waals surface area contributed by atoms with Crippen LogP contribution in [0.15, 0.2) is 0 Å². The number of carbonyl (C=O) groups is 2. The number of likely N-dealkylation sites (tertiary alicyclic amines) is 1. The van der Waals surface area contributed by atoms with Crippen LogP contribution in [-0.4, -0.2) is 85.0 Å².